The van der Waals surface area contributed by atoms with Crippen molar-refractivity contribution in [3.63, 3.8) is 0 Å². The summed E-state index contributed by atoms with van der Waals surface area (Å²) in [4.78, 5) is 26.1. The maximum Gasteiger partial charge on any atom is 0.338 e. The summed E-state index contributed by atoms with van der Waals surface area (Å²) in [5.41, 5.74) is 1.18. The Hall–Kier alpha value is -1.88. The van der Waals surface area contributed by atoms with Crippen molar-refractivity contribution in [1.29, 1.82) is 0 Å². The second-order valence-corrected chi connectivity index (χ2v) is 6.56. The summed E-state index contributed by atoms with van der Waals surface area (Å²) < 4.78 is 5.13. The monoisotopic (exact) mass is 318 g/mol. The van der Waals surface area contributed by atoms with Crippen LogP contribution in [0.25, 0.3) is 0 Å². The number of hydrogen-bond acceptors (Lipinski definition) is 4. The summed E-state index contributed by atoms with van der Waals surface area (Å²) in [7, 11) is 0. The first-order valence-corrected chi connectivity index (χ1v) is 8.27. The van der Waals surface area contributed by atoms with E-state index in [2.05, 4.69) is 17.1 Å². The number of piperidine rings is 1. The van der Waals surface area contributed by atoms with Gasteiger partial charge in [-0.25, -0.2) is 4.79 Å². The van der Waals surface area contributed by atoms with Crippen molar-refractivity contribution in [1.82, 2.24) is 4.90 Å². The van der Waals surface area contributed by atoms with Crippen molar-refractivity contribution >= 4 is 17.6 Å². The van der Waals surface area contributed by atoms with Gasteiger partial charge in [-0.15, -0.1) is 0 Å². The number of anilines is 1. The molecule has 0 unspecified atom stereocenters. The van der Waals surface area contributed by atoms with Gasteiger partial charge >= 0.3 is 5.97 Å². The second-order valence-electron chi connectivity index (χ2n) is 6.56. The molecule has 0 aromatic heterocycles. The van der Waals surface area contributed by atoms with Crippen molar-refractivity contribution in [2.24, 2.45) is 5.92 Å². The van der Waals surface area contributed by atoms with Crippen LogP contribution in [0.1, 0.15) is 44.0 Å². The van der Waals surface area contributed by atoms with Crippen LogP contribution in [0.2, 0.25) is 0 Å². The molecule has 0 aliphatic carbocycles. The van der Waals surface area contributed by atoms with E-state index in [0.717, 1.165) is 19.5 Å². The maximum atomic E-state index is 12.1. The standard InChI is InChI=1S/C18H26N2O3/c1-13(2)23-18(22)15-6-8-16(9-7-15)19-17(21)12-20-10-4-5-14(3)11-20/h6-9,13-14H,4-5,10-12H2,1-3H3,(H,19,21)/t14-/m0/s1. The average Bonchev–Trinajstić information content (AvgIpc) is 2.47. The first-order valence-electron chi connectivity index (χ1n) is 8.27. The number of hydrogen-bond donors (Lipinski definition) is 1. The van der Waals surface area contributed by atoms with Crippen LogP contribution >= 0.6 is 0 Å². The van der Waals surface area contributed by atoms with Crippen LogP contribution in [-0.2, 0) is 9.53 Å². The summed E-state index contributed by atoms with van der Waals surface area (Å²) in [6, 6.07) is 6.80. The zero-order chi connectivity index (χ0) is 16.8. The lowest BCUT2D eigenvalue weighted by atomic mass is 10.0. The number of benzene rings is 1. The van der Waals surface area contributed by atoms with E-state index in [1.165, 1.54) is 6.42 Å². The molecule has 1 atom stereocenters. The van der Waals surface area contributed by atoms with Gasteiger partial charge in [0.1, 0.15) is 0 Å². The lowest BCUT2D eigenvalue weighted by molar-refractivity contribution is -0.117. The van der Waals surface area contributed by atoms with Crippen molar-refractivity contribution in [3.05, 3.63) is 29.8 Å². The Morgan fingerprint density at radius 2 is 2.00 bits per heavy atom. The molecule has 1 saturated heterocycles. The van der Waals surface area contributed by atoms with Gasteiger partial charge in [-0.05, 0) is 63.4 Å². The van der Waals surface area contributed by atoms with E-state index in [9.17, 15) is 9.59 Å². The predicted molar refractivity (Wildman–Crippen MR) is 90.5 cm³/mol. The number of amides is 1. The van der Waals surface area contributed by atoms with Crippen molar-refractivity contribution in [2.75, 3.05) is 25.0 Å². The van der Waals surface area contributed by atoms with Gasteiger partial charge in [0.25, 0.3) is 0 Å². The molecule has 2 rings (SSSR count). The highest BCUT2D eigenvalue weighted by Crippen LogP contribution is 2.16. The Morgan fingerprint density at radius 1 is 1.30 bits per heavy atom. The van der Waals surface area contributed by atoms with Gasteiger partial charge < -0.3 is 10.1 Å². The Balaban J connectivity index is 1.85. The highest BCUT2D eigenvalue weighted by atomic mass is 16.5. The van der Waals surface area contributed by atoms with Gasteiger partial charge in [0.05, 0.1) is 18.2 Å². The smallest absolute Gasteiger partial charge is 0.338 e. The van der Waals surface area contributed by atoms with E-state index >= 15 is 0 Å². The molecule has 0 saturated carbocycles. The minimum absolute atomic E-state index is 0.0170. The highest BCUT2D eigenvalue weighted by molar-refractivity contribution is 5.94. The van der Waals surface area contributed by atoms with Gasteiger partial charge in [-0.1, -0.05) is 6.92 Å². The molecule has 1 aliphatic rings. The molecule has 126 valence electrons. The third kappa shape index (κ3) is 5.67. The molecule has 1 aliphatic heterocycles. The number of ether oxygens (including phenoxy) is 1. The molecule has 1 fully saturated rings. The topological polar surface area (TPSA) is 58.6 Å². The molecule has 1 amide bonds. The normalized spacial score (nSPS) is 18.7. The Labute approximate surface area is 138 Å². The van der Waals surface area contributed by atoms with E-state index < -0.39 is 0 Å². The summed E-state index contributed by atoms with van der Waals surface area (Å²) in [5.74, 6) is 0.291. The molecular formula is C18H26N2O3. The van der Waals surface area contributed by atoms with Crippen LogP contribution in [0.15, 0.2) is 24.3 Å². The number of carbonyl (C=O) groups is 2. The number of likely N-dealkylation sites (tertiary alicyclic amines) is 1. The van der Waals surface area contributed by atoms with Gasteiger partial charge in [-0.3, -0.25) is 9.69 Å². The fourth-order valence-electron chi connectivity index (χ4n) is 2.81. The SMILES string of the molecule is CC(C)OC(=O)c1ccc(NC(=O)CN2CCC[C@H](C)C2)cc1. The van der Waals surface area contributed by atoms with Gasteiger partial charge in [0, 0.05) is 12.2 Å². The Morgan fingerprint density at radius 3 is 2.61 bits per heavy atom. The van der Waals surface area contributed by atoms with Crippen LogP contribution in [0, 0.1) is 5.92 Å². The molecule has 1 heterocycles. The van der Waals surface area contributed by atoms with Crippen molar-refractivity contribution < 1.29 is 14.3 Å². The molecule has 0 spiro atoms. The number of rotatable bonds is 5. The van der Waals surface area contributed by atoms with E-state index in [0.29, 0.717) is 23.7 Å². The Kier molecular flexibility index (Phi) is 6.16. The summed E-state index contributed by atoms with van der Waals surface area (Å²) in [5, 5.41) is 2.88. The zero-order valence-electron chi connectivity index (χ0n) is 14.2. The first-order chi connectivity index (χ1) is 10.9. The minimum Gasteiger partial charge on any atom is -0.459 e. The van der Waals surface area contributed by atoms with E-state index in [-0.39, 0.29) is 18.0 Å². The van der Waals surface area contributed by atoms with Crippen LogP contribution in [0.4, 0.5) is 5.69 Å². The van der Waals surface area contributed by atoms with Crippen molar-refractivity contribution in [3.8, 4) is 0 Å². The molecule has 0 bridgehead atoms. The second kappa shape index (κ2) is 8.11. The lowest BCUT2D eigenvalue weighted by Gasteiger charge is -2.30. The van der Waals surface area contributed by atoms with E-state index in [1.807, 2.05) is 13.8 Å². The van der Waals surface area contributed by atoms with Crippen molar-refractivity contribution in [2.45, 2.75) is 39.7 Å². The van der Waals surface area contributed by atoms with Crippen LogP contribution in [0.5, 0.6) is 0 Å². The highest BCUT2D eigenvalue weighted by Gasteiger charge is 2.18. The lowest BCUT2D eigenvalue weighted by Crippen LogP contribution is -2.39. The van der Waals surface area contributed by atoms with Crippen LogP contribution in [0.3, 0.4) is 0 Å². The van der Waals surface area contributed by atoms with E-state index in [1.54, 1.807) is 24.3 Å². The fraction of sp³-hybridized carbons (Fsp3) is 0.556. The molecule has 1 N–H and O–H groups in total. The van der Waals surface area contributed by atoms with Gasteiger partial charge in [0.15, 0.2) is 0 Å². The number of esters is 1. The summed E-state index contributed by atoms with van der Waals surface area (Å²) in [6.45, 7) is 8.23. The number of nitrogens with zero attached hydrogens (tertiary/aromatic N) is 1. The number of carbonyl (C=O) groups excluding carboxylic acids is 2. The molecular weight excluding hydrogens is 292 g/mol. The molecule has 5 heteroatoms. The number of nitrogens with one attached hydrogen (secondary N) is 1. The fourth-order valence-corrected chi connectivity index (χ4v) is 2.81. The average molecular weight is 318 g/mol. The molecule has 0 radical (unpaired) electrons. The molecule has 23 heavy (non-hydrogen) atoms. The largest absolute Gasteiger partial charge is 0.459 e. The first kappa shape index (κ1) is 17.5. The minimum atomic E-state index is -0.347. The molecule has 5 nitrogen and oxygen atoms in total. The predicted octanol–water partition coefficient (Wildman–Crippen LogP) is 2.92. The zero-order valence-corrected chi connectivity index (χ0v) is 14.2. The summed E-state index contributed by atoms with van der Waals surface area (Å²) >= 11 is 0. The quantitative estimate of drug-likeness (QED) is 0.848. The van der Waals surface area contributed by atoms with Gasteiger partial charge in [-0.2, -0.15) is 0 Å². The van der Waals surface area contributed by atoms with E-state index in [4.69, 9.17) is 4.74 Å². The third-order valence-electron chi connectivity index (χ3n) is 3.86. The molecule has 1 aromatic rings. The summed E-state index contributed by atoms with van der Waals surface area (Å²) in [6.07, 6.45) is 2.25. The third-order valence-corrected chi connectivity index (χ3v) is 3.86. The van der Waals surface area contributed by atoms with Crippen LogP contribution < -0.4 is 5.32 Å². The Bertz CT molecular complexity index is 540. The van der Waals surface area contributed by atoms with Gasteiger partial charge in [0.2, 0.25) is 5.91 Å². The van der Waals surface area contributed by atoms with Crippen LogP contribution in [-0.4, -0.2) is 42.5 Å². The maximum absolute atomic E-state index is 12.1. The molecule has 1 aromatic carbocycles.